The van der Waals surface area contributed by atoms with Crippen molar-refractivity contribution in [2.45, 2.75) is 45.1 Å². The molecule has 0 spiro atoms. The van der Waals surface area contributed by atoms with Crippen molar-refractivity contribution in [3.63, 3.8) is 0 Å². The number of amides is 1. The van der Waals surface area contributed by atoms with Crippen molar-refractivity contribution in [3.05, 3.63) is 41.6 Å². The minimum Gasteiger partial charge on any atom is -0.469 e. The fourth-order valence-corrected chi connectivity index (χ4v) is 3.89. The first-order valence-electron chi connectivity index (χ1n) is 8.48. The van der Waals surface area contributed by atoms with Crippen LogP contribution in [0.1, 0.15) is 48.4 Å². The summed E-state index contributed by atoms with van der Waals surface area (Å²) in [5.41, 5.74) is 2.23. The maximum absolute atomic E-state index is 12.8. The summed E-state index contributed by atoms with van der Waals surface area (Å²) in [5, 5.41) is 4.61. The van der Waals surface area contributed by atoms with Crippen LogP contribution in [0.15, 0.2) is 28.9 Å². The van der Waals surface area contributed by atoms with E-state index in [-0.39, 0.29) is 17.7 Å². The molecule has 0 bridgehead atoms. The lowest BCUT2D eigenvalue weighted by Gasteiger charge is -2.33. The largest absolute Gasteiger partial charge is 0.469 e. The van der Waals surface area contributed by atoms with E-state index in [2.05, 4.69) is 22.8 Å². The molecule has 2 aromatic rings. The lowest BCUT2D eigenvalue weighted by atomic mass is 10.0. The van der Waals surface area contributed by atoms with Crippen molar-refractivity contribution in [2.24, 2.45) is 5.92 Å². The Morgan fingerprint density at radius 1 is 1.39 bits per heavy atom. The standard InChI is InChI=1S/C18H23N3O2/c1-12-9-13(2)21(19-12)14-5-3-7-20(11-14)18(22)16-10-15(16)17-6-4-8-23-17/h4,6,8-9,14-16H,3,5,7,10-11H2,1-2H3. The Hall–Kier alpha value is -2.04. The molecule has 2 fully saturated rings. The predicted molar refractivity (Wildman–Crippen MR) is 86.1 cm³/mol. The van der Waals surface area contributed by atoms with Crippen LogP contribution in [0, 0.1) is 19.8 Å². The number of carbonyl (C=O) groups excluding carboxylic acids is 1. The molecule has 0 N–H and O–H groups in total. The molecule has 2 aromatic heterocycles. The molecule has 0 radical (unpaired) electrons. The predicted octanol–water partition coefficient (Wildman–Crippen LogP) is 3.06. The Labute approximate surface area is 136 Å². The number of carbonyl (C=O) groups is 1. The van der Waals surface area contributed by atoms with Crippen LogP contribution in [-0.2, 0) is 4.79 Å². The number of nitrogens with zero attached hydrogens (tertiary/aromatic N) is 3. The molecular formula is C18H23N3O2. The zero-order valence-corrected chi connectivity index (χ0v) is 13.7. The van der Waals surface area contributed by atoms with Crippen molar-refractivity contribution in [1.82, 2.24) is 14.7 Å². The zero-order chi connectivity index (χ0) is 16.0. The normalized spacial score (nSPS) is 27.2. The van der Waals surface area contributed by atoms with Gasteiger partial charge in [-0.15, -0.1) is 0 Å². The smallest absolute Gasteiger partial charge is 0.226 e. The third-order valence-electron chi connectivity index (χ3n) is 5.11. The summed E-state index contributed by atoms with van der Waals surface area (Å²) in [4.78, 5) is 14.8. The topological polar surface area (TPSA) is 51.3 Å². The van der Waals surface area contributed by atoms with Gasteiger partial charge in [0.05, 0.1) is 18.0 Å². The fraction of sp³-hybridized carbons (Fsp3) is 0.556. The summed E-state index contributed by atoms with van der Waals surface area (Å²) < 4.78 is 7.55. The molecule has 1 aliphatic carbocycles. The van der Waals surface area contributed by atoms with E-state index in [1.807, 2.05) is 24.0 Å². The van der Waals surface area contributed by atoms with Crippen molar-refractivity contribution >= 4 is 5.91 Å². The van der Waals surface area contributed by atoms with Gasteiger partial charge in [-0.05, 0) is 51.3 Å². The lowest BCUT2D eigenvalue weighted by molar-refractivity contribution is -0.134. The first-order valence-corrected chi connectivity index (χ1v) is 8.48. The second-order valence-corrected chi connectivity index (χ2v) is 6.92. The molecule has 2 aliphatic rings. The van der Waals surface area contributed by atoms with Crippen LogP contribution in [0.25, 0.3) is 0 Å². The number of aryl methyl sites for hydroxylation is 2. The van der Waals surface area contributed by atoms with Crippen molar-refractivity contribution < 1.29 is 9.21 Å². The molecule has 1 amide bonds. The van der Waals surface area contributed by atoms with E-state index in [1.54, 1.807) is 6.26 Å². The summed E-state index contributed by atoms with van der Waals surface area (Å²) in [6, 6.07) is 6.29. The Kier molecular flexibility index (Phi) is 3.51. The molecule has 23 heavy (non-hydrogen) atoms. The van der Waals surface area contributed by atoms with Crippen molar-refractivity contribution in [2.75, 3.05) is 13.1 Å². The van der Waals surface area contributed by atoms with Gasteiger partial charge in [0.1, 0.15) is 5.76 Å². The van der Waals surface area contributed by atoms with Crippen LogP contribution in [0.4, 0.5) is 0 Å². The molecule has 0 aromatic carbocycles. The quantitative estimate of drug-likeness (QED) is 0.875. The van der Waals surface area contributed by atoms with E-state index in [1.165, 1.54) is 5.69 Å². The number of aromatic nitrogens is 2. The molecule has 3 unspecified atom stereocenters. The minimum absolute atomic E-state index is 0.111. The first-order chi connectivity index (χ1) is 11.1. The molecule has 1 saturated heterocycles. The highest BCUT2D eigenvalue weighted by Crippen LogP contribution is 2.49. The molecule has 4 rings (SSSR count). The molecular weight excluding hydrogens is 290 g/mol. The third-order valence-corrected chi connectivity index (χ3v) is 5.11. The van der Waals surface area contributed by atoms with Crippen LogP contribution < -0.4 is 0 Å². The van der Waals surface area contributed by atoms with Crippen LogP contribution in [0.3, 0.4) is 0 Å². The SMILES string of the molecule is Cc1cc(C)n(C2CCCN(C(=O)C3CC3c3ccco3)C2)n1. The van der Waals surface area contributed by atoms with Gasteiger partial charge >= 0.3 is 0 Å². The van der Waals surface area contributed by atoms with Gasteiger partial charge < -0.3 is 9.32 Å². The summed E-state index contributed by atoms with van der Waals surface area (Å²) in [6.45, 7) is 5.76. The van der Waals surface area contributed by atoms with Gasteiger partial charge in [0.25, 0.3) is 0 Å². The fourth-order valence-electron chi connectivity index (χ4n) is 3.89. The molecule has 3 heterocycles. The zero-order valence-electron chi connectivity index (χ0n) is 13.7. The van der Waals surface area contributed by atoms with Gasteiger partial charge in [-0.25, -0.2) is 0 Å². The highest BCUT2D eigenvalue weighted by atomic mass is 16.3. The van der Waals surface area contributed by atoms with Gasteiger partial charge in [-0.3, -0.25) is 9.48 Å². The number of likely N-dealkylation sites (tertiary alicyclic amines) is 1. The highest BCUT2D eigenvalue weighted by molar-refractivity contribution is 5.83. The lowest BCUT2D eigenvalue weighted by Crippen LogP contribution is -2.42. The Morgan fingerprint density at radius 2 is 2.26 bits per heavy atom. The average Bonchev–Trinajstić information content (AvgIpc) is 2.99. The Balaban J connectivity index is 1.44. The molecule has 3 atom stereocenters. The second-order valence-electron chi connectivity index (χ2n) is 6.92. The van der Waals surface area contributed by atoms with Crippen molar-refractivity contribution in [3.8, 4) is 0 Å². The maximum atomic E-state index is 12.8. The highest BCUT2D eigenvalue weighted by Gasteiger charge is 2.48. The van der Waals surface area contributed by atoms with Gasteiger partial charge in [0, 0.05) is 30.6 Å². The van der Waals surface area contributed by atoms with Gasteiger partial charge in [-0.1, -0.05) is 0 Å². The molecule has 122 valence electrons. The van der Waals surface area contributed by atoms with E-state index >= 15 is 0 Å². The number of furan rings is 1. The molecule has 5 heteroatoms. The number of hydrogen-bond acceptors (Lipinski definition) is 3. The van der Waals surface area contributed by atoms with Gasteiger partial charge in [0.15, 0.2) is 0 Å². The maximum Gasteiger partial charge on any atom is 0.226 e. The Morgan fingerprint density at radius 3 is 2.96 bits per heavy atom. The summed E-state index contributed by atoms with van der Waals surface area (Å²) in [6.07, 6.45) is 4.76. The Bertz CT molecular complexity index is 704. The monoisotopic (exact) mass is 313 g/mol. The third kappa shape index (κ3) is 2.69. The van der Waals surface area contributed by atoms with Crippen LogP contribution in [-0.4, -0.2) is 33.7 Å². The minimum atomic E-state index is 0.111. The van der Waals surface area contributed by atoms with Gasteiger partial charge in [-0.2, -0.15) is 5.10 Å². The van der Waals surface area contributed by atoms with E-state index in [0.29, 0.717) is 6.04 Å². The van der Waals surface area contributed by atoms with Crippen LogP contribution in [0.5, 0.6) is 0 Å². The second kappa shape index (κ2) is 5.55. The first kappa shape index (κ1) is 14.5. The van der Waals surface area contributed by atoms with Gasteiger partial charge in [0.2, 0.25) is 5.91 Å². The number of hydrogen-bond donors (Lipinski definition) is 0. The molecule has 5 nitrogen and oxygen atoms in total. The summed E-state index contributed by atoms with van der Waals surface area (Å²) in [7, 11) is 0. The summed E-state index contributed by atoms with van der Waals surface area (Å²) >= 11 is 0. The molecule has 1 saturated carbocycles. The van der Waals surface area contributed by atoms with E-state index in [4.69, 9.17) is 4.42 Å². The van der Waals surface area contributed by atoms with Crippen molar-refractivity contribution in [1.29, 1.82) is 0 Å². The van der Waals surface area contributed by atoms with E-state index < -0.39 is 0 Å². The average molecular weight is 313 g/mol. The van der Waals surface area contributed by atoms with Crippen LogP contribution in [0.2, 0.25) is 0 Å². The van der Waals surface area contributed by atoms with E-state index in [0.717, 1.165) is 43.8 Å². The number of piperidine rings is 1. The summed E-state index contributed by atoms with van der Waals surface area (Å²) in [5.74, 6) is 1.64. The number of rotatable bonds is 3. The van der Waals surface area contributed by atoms with E-state index in [9.17, 15) is 4.79 Å². The molecule has 1 aliphatic heterocycles. The van der Waals surface area contributed by atoms with Crippen LogP contribution >= 0.6 is 0 Å².